The fourth-order valence-electron chi connectivity index (χ4n) is 11.4. The molecule has 0 N–H and O–H groups in total. The molecule has 5 aromatic rings. The van der Waals surface area contributed by atoms with Crippen molar-refractivity contribution >= 4 is 77.6 Å². The predicted molar refractivity (Wildman–Crippen MR) is 377 cm³/mol. The van der Waals surface area contributed by atoms with E-state index in [9.17, 15) is 19.2 Å². The zero-order valence-electron chi connectivity index (χ0n) is 54.5. The van der Waals surface area contributed by atoms with Crippen LogP contribution in [0.1, 0.15) is 179 Å². The van der Waals surface area contributed by atoms with Gasteiger partial charge in [-0.1, -0.05) is 200 Å². The third-order valence-corrected chi connectivity index (χ3v) is 29.8. The number of hydrogen-bond acceptors (Lipinski definition) is 5. The number of Topliss-reactive ketones (excluding diaryl/α,β-unsaturated/α-hetero) is 4. The SMILES string of the molecule is CC(C)(C(=O)c1ccccc1)[S+]1CCCC1.C[S+](C)c1ccccc1.Cc1ccc(C(=O)C([S+]2CCCC2)C(C)(C)C)cc1.Cc1ccc(C(=O)C([S+]2CCCCC2)C(C)(C)C)cc1.Cc1ccc(C(=O)C([S+]2CCOCC2)C(C)(C)C)cc1. The molecule has 3 unspecified atom stereocenters. The van der Waals surface area contributed by atoms with Gasteiger partial charge in [-0.3, -0.25) is 19.2 Å². The Hall–Kier alpha value is -3.51. The van der Waals surface area contributed by atoms with Crippen LogP contribution in [0.3, 0.4) is 0 Å². The van der Waals surface area contributed by atoms with E-state index in [-0.39, 0.29) is 80.3 Å². The Morgan fingerprint density at radius 2 is 0.679 bits per heavy atom. The Balaban J connectivity index is 0.000000196. The molecular formula is C74H107O5S5+5. The fourth-order valence-corrected chi connectivity index (χ4v) is 24.2. The standard InChI is InChI=1S/C18H27OS.C17H25O2S.C17H25OS.C14H19OS.C8H11S/c1-14-8-10-15(11-9-14)16(19)17(18(2,3)4)20-12-6-5-7-13-20;1-13-5-7-14(8-6-13)15(18)16(17(2,3)4)20-11-9-19-10-12-20;1-13-7-9-14(10-8-13)15(18)16(17(2,3)4)19-11-5-6-12-19;1-14(2,16-10-6-7-11-16)13(15)12-8-4-3-5-9-12;1-9(2)8-6-4-3-5-7-8/h8-11,17H,5-7,12-13H2,1-4H3;5-8,16H,9-12H2,1-4H3;7-10,16H,5-6,11-12H2,1-4H3;3-5,8-9H,6-7,10-11H2,1-2H3;3-7H,1-2H3/q5*+1. The largest absolute Gasteiger partial charge is 0.372 e. The van der Waals surface area contributed by atoms with Crippen LogP contribution in [0.25, 0.3) is 0 Å². The second kappa shape index (κ2) is 33.7. The van der Waals surface area contributed by atoms with Gasteiger partial charge in [-0.25, -0.2) is 0 Å². The van der Waals surface area contributed by atoms with Gasteiger partial charge in [0.05, 0.1) is 13.2 Å². The van der Waals surface area contributed by atoms with Gasteiger partial charge < -0.3 is 4.74 Å². The predicted octanol–water partition coefficient (Wildman–Crippen LogP) is 16.6. The molecule has 10 heteroatoms. The van der Waals surface area contributed by atoms with Gasteiger partial charge in [0.2, 0.25) is 23.1 Å². The summed E-state index contributed by atoms with van der Waals surface area (Å²) >= 11 is 0. The average molecular weight is 1240 g/mol. The molecule has 0 amide bonds. The fraction of sp³-hybridized carbons (Fsp3) is 0.541. The zero-order valence-corrected chi connectivity index (χ0v) is 58.6. The van der Waals surface area contributed by atoms with E-state index >= 15 is 0 Å². The van der Waals surface area contributed by atoms with Gasteiger partial charge in [-0.05, 0) is 113 Å². The third kappa shape index (κ3) is 22.0. The lowest BCUT2D eigenvalue weighted by atomic mass is 9.87. The van der Waals surface area contributed by atoms with Crippen LogP contribution >= 0.6 is 0 Å². The van der Waals surface area contributed by atoms with E-state index in [2.05, 4.69) is 152 Å². The van der Waals surface area contributed by atoms with Crippen molar-refractivity contribution in [3.05, 3.63) is 172 Å². The third-order valence-electron chi connectivity index (χ3n) is 16.0. The molecule has 4 fully saturated rings. The van der Waals surface area contributed by atoms with E-state index < -0.39 is 0 Å². The highest BCUT2D eigenvalue weighted by Crippen LogP contribution is 2.37. The average Bonchev–Trinajstić information content (AvgIpc) is 4.31. The first-order chi connectivity index (χ1) is 39.6. The first kappa shape index (κ1) is 71.2. The maximum absolute atomic E-state index is 13.0. The summed E-state index contributed by atoms with van der Waals surface area (Å²) in [5.41, 5.74) is 7.27. The molecule has 4 heterocycles. The maximum Gasteiger partial charge on any atom is 0.217 e. The van der Waals surface area contributed by atoms with E-state index in [0.29, 0.717) is 34.0 Å². The van der Waals surface area contributed by atoms with Crippen molar-refractivity contribution in [2.75, 3.05) is 71.7 Å². The van der Waals surface area contributed by atoms with Crippen molar-refractivity contribution in [1.82, 2.24) is 0 Å². The van der Waals surface area contributed by atoms with Crippen molar-refractivity contribution in [2.24, 2.45) is 16.2 Å². The molecule has 9 rings (SSSR count). The number of ether oxygens (including phenoxy) is 1. The number of carbonyl (C=O) groups excluding carboxylic acids is 4. The van der Waals surface area contributed by atoms with Crippen molar-refractivity contribution in [2.45, 2.75) is 167 Å². The molecule has 5 aromatic carbocycles. The van der Waals surface area contributed by atoms with E-state index in [1.807, 2.05) is 91.0 Å². The number of benzene rings is 5. The molecule has 84 heavy (non-hydrogen) atoms. The highest BCUT2D eigenvalue weighted by molar-refractivity contribution is 7.99. The van der Waals surface area contributed by atoms with Crippen LogP contribution in [0.5, 0.6) is 0 Å². The molecule has 0 aromatic heterocycles. The van der Waals surface area contributed by atoms with E-state index in [4.69, 9.17) is 4.74 Å². The monoisotopic (exact) mass is 1240 g/mol. The lowest BCUT2D eigenvalue weighted by Gasteiger charge is -2.31. The smallest absolute Gasteiger partial charge is 0.217 e. The van der Waals surface area contributed by atoms with Crippen molar-refractivity contribution < 1.29 is 23.9 Å². The summed E-state index contributed by atoms with van der Waals surface area (Å²) in [5, 5.41) is 0.484. The Bertz CT molecular complexity index is 2660. The Kier molecular flexibility index (Phi) is 28.6. The molecule has 0 bridgehead atoms. The van der Waals surface area contributed by atoms with Gasteiger partial charge in [-0.15, -0.1) is 0 Å². The molecule has 3 atom stereocenters. The number of hydrogen-bond donors (Lipinski definition) is 0. The quantitative estimate of drug-likeness (QED) is 0.0867. The van der Waals surface area contributed by atoms with Gasteiger partial charge in [0.15, 0.2) is 25.4 Å². The van der Waals surface area contributed by atoms with E-state index in [1.165, 1.54) is 101 Å². The summed E-state index contributed by atoms with van der Waals surface area (Å²) < 4.78 is 5.29. The molecule has 0 radical (unpaired) electrons. The highest BCUT2D eigenvalue weighted by atomic mass is 32.2. The Labute approximate surface area is 525 Å². The number of rotatable bonds is 13. The molecule has 0 aliphatic carbocycles. The van der Waals surface area contributed by atoms with E-state index in [0.717, 1.165) is 47.0 Å². The van der Waals surface area contributed by atoms with Crippen LogP contribution in [0.2, 0.25) is 0 Å². The molecular weight excluding hydrogens is 1130 g/mol. The molecule has 4 saturated heterocycles. The van der Waals surface area contributed by atoms with Crippen LogP contribution in [-0.2, 0) is 59.2 Å². The van der Waals surface area contributed by atoms with Gasteiger partial charge in [0, 0.05) is 71.2 Å². The topological polar surface area (TPSA) is 77.5 Å². The molecule has 458 valence electrons. The summed E-state index contributed by atoms with van der Waals surface area (Å²) in [4.78, 5) is 52.8. The number of carbonyl (C=O) groups is 4. The maximum atomic E-state index is 13.0. The second-order valence-electron chi connectivity index (χ2n) is 27.1. The highest BCUT2D eigenvalue weighted by Gasteiger charge is 2.50. The van der Waals surface area contributed by atoms with Crippen molar-refractivity contribution in [3.63, 3.8) is 0 Å². The minimum atomic E-state index is -0.169. The van der Waals surface area contributed by atoms with Gasteiger partial charge >= 0.3 is 0 Å². The van der Waals surface area contributed by atoms with Crippen LogP contribution in [-0.4, -0.2) is 115 Å². The summed E-state index contributed by atoms with van der Waals surface area (Å²) in [5.74, 6) is 10.9. The Morgan fingerprint density at radius 3 is 0.988 bits per heavy atom. The first-order valence-electron chi connectivity index (χ1n) is 30.9. The van der Waals surface area contributed by atoms with Crippen LogP contribution < -0.4 is 0 Å². The van der Waals surface area contributed by atoms with Crippen molar-refractivity contribution in [3.8, 4) is 0 Å². The minimum absolute atomic E-state index is 0.00240. The minimum Gasteiger partial charge on any atom is -0.372 e. The summed E-state index contributed by atoms with van der Waals surface area (Å²) in [6, 6.07) is 44.5. The van der Waals surface area contributed by atoms with Crippen LogP contribution in [0.4, 0.5) is 0 Å². The van der Waals surface area contributed by atoms with Crippen LogP contribution in [0.15, 0.2) is 138 Å². The van der Waals surface area contributed by atoms with Crippen molar-refractivity contribution in [1.29, 1.82) is 0 Å². The molecule has 0 saturated carbocycles. The molecule has 4 aliphatic rings. The normalized spacial score (nSPS) is 17.6. The lowest BCUT2D eigenvalue weighted by molar-refractivity contribution is 0.0937. The molecule has 5 nitrogen and oxygen atoms in total. The number of ketones is 4. The summed E-state index contributed by atoms with van der Waals surface area (Å²) in [7, 11) is 1.38. The van der Waals surface area contributed by atoms with Gasteiger partial charge in [-0.2, -0.15) is 0 Å². The second-order valence-corrected chi connectivity index (χ2v) is 39.1. The molecule has 0 spiro atoms. The van der Waals surface area contributed by atoms with Gasteiger partial charge in [0.1, 0.15) is 58.5 Å². The summed E-state index contributed by atoms with van der Waals surface area (Å²) in [6.07, 6.45) is 13.6. The molecule has 4 aliphatic heterocycles. The Morgan fingerprint density at radius 1 is 0.381 bits per heavy atom. The number of aryl methyl sites for hydroxylation is 3. The first-order valence-corrected chi connectivity index (χ1v) is 39.4. The summed E-state index contributed by atoms with van der Waals surface area (Å²) in [6.45, 7) is 31.9. The lowest BCUT2D eigenvalue weighted by Crippen LogP contribution is -2.47. The zero-order chi connectivity index (χ0) is 61.8. The van der Waals surface area contributed by atoms with Gasteiger partial charge in [0.25, 0.3) is 0 Å². The van der Waals surface area contributed by atoms with E-state index in [1.54, 1.807) is 0 Å². The van der Waals surface area contributed by atoms with Crippen LogP contribution in [0, 0.1) is 37.0 Å².